The van der Waals surface area contributed by atoms with E-state index >= 15 is 0 Å². The molecule has 3 nitrogen and oxygen atoms in total. The number of rotatable bonds is 9. The molecule has 0 fully saturated rings. The van der Waals surface area contributed by atoms with Crippen LogP contribution in [0.15, 0.2) is 0 Å². The first-order valence-electron chi connectivity index (χ1n) is 5.89. The largest absolute Gasteiger partial charge is 0.312 e. The van der Waals surface area contributed by atoms with Gasteiger partial charge >= 0.3 is 0 Å². The van der Waals surface area contributed by atoms with Crippen LogP contribution in [-0.2, 0) is 9.84 Å². The van der Waals surface area contributed by atoms with E-state index in [4.69, 9.17) is 0 Å². The monoisotopic (exact) mass is 267 g/mol. The van der Waals surface area contributed by atoms with Gasteiger partial charge in [-0.3, -0.25) is 0 Å². The predicted molar refractivity (Wildman–Crippen MR) is 74.0 cm³/mol. The Hall–Kier alpha value is 0.260. The van der Waals surface area contributed by atoms with E-state index in [1.165, 1.54) is 5.75 Å². The molecule has 0 rings (SSSR count). The first kappa shape index (κ1) is 16.3. The Kier molecular flexibility index (Phi) is 8.50. The van der Waals surface area contributed by atoms with Crippen molar-refractivity contribution in [3.8, 4) is 0 Å². The predicted octanol–water partition coefficient (Wildman–Crippen LogP) is 1.79. The zero-order valence-electron chi connectivity index (χ0n) is 10.8. The van der Waals surface area contributed by atoms with E-state index in [1.54, 1.807) is 6.92 Å². The average molecular weight is 267 g/mol. The third-order valence-electron chi connectivity index (χ3n) is 2.16. The summed E-state index contributed by atoms with van der Waals surface area (Å²) in [5, 5.41) is 3.25. The minimum Gasteiger partial charge on any atom is -0.312 e. The molecule has 0 aliphatic heterocycles. The fourth-order valence-corrected chi connectivity index (χ4v) is 2.94. The van der Waals surface area contributed by atoms with Gasteiger partial charge in [0.05, 0.1) is 5.75 Å². The van der Waals surface area contributed by atoms with Gasteiger partial charge in [0, 0.05) is 24.1 Å². The van der Waals surface area contributed by atoms with E-state index < -0.39 is 9.84 Å². The molecular weight excluding hydrogens is 242 g/mol. The van der Waals surface area contributed by atoms with Crippen molar-refractivity contribution in [2.75, 3.05) is 29.6 Å². The van der Waals surface area contributed by atoms with Crippen LogP contribution in [0.2, 0.25) is 0 Å². The summed E-state index contributed by atoms with van der Waals surface area (Å²) in [6.07, 6.45) is 0. The summed E-state index contributed by atoms with van der Waals surface area (Å²) >= 11 is 1.92. The average Bonchev–Trinajstić information content (AvgIpc) is 2.17. The normalized spacial score (nSPS) is 14.3. The first-order valence-corrected chi connectivity index (χ1v) is 8.86. The van der Waals surface area contributed by atoms with Gasteiger partial charge in [0.1, 0.15) is 0 Å². The van der Waals surface area contributed by atoms with Crippen LogP contribution >= 0.6 is 11.8 Å². The van der Waals surface area contributed by atoms with Gasteiger partial charge in [-0.15, -0.1) is 0 Å². The highest BCUT2D eigenvalue weighted by atomic mass is 32.2. The zero-order valence-corrected chi connectivity index (χ0v) is 12.5. The Balaban J connectivity index is 3.55. The van der Waals surface area contributed by atoms with Crippen LogP contribution in [0.4, 0.5) is 0 Å². The summed E-state index contributed by atoms with van der Waals surface area (Å²) in [6.45, 7) is 8.78. The second kappa shape index (κ2) is 8.37. The second-order valence-electron chi connectivity index (χ2n) is 4.52. The van der Waals surface area contributed by atoms with E-state index in [1.807, 2.05) is 11.8 Å². The van der Waals surface area contributed by atoms with Gasteiger partial charge in [0.2, 0.25) is 0 Å². The van der Waals surface area contributed by atoms with Gasteiger partial charge in [-0.05, 0) is 18.6 Å². The molecule has 0 saturated carbocycles. The number of nitrogens with one attached hydrogen (secondary N) is 1. The summed E-state index contributed by atoms with van der Waals surface area (Å²) in [6, 6.07) is 0.385. The summed E-state index contributed by atoms with van der Waals surface area (Å²) in [5.74, 6) is 3.43. The Morgan fingerprint density at radius 1 is 1.19 bits per heavy atom. The molecule has 0 heterocycles. The summed E-state index contributed by atoms with van der Waals surface area (Å²) in [7, 11) is -2.82. The van der Waals surface area contributed by atoms with Crippen LogP contribution < -0.4 is 5.32 Å². The standard InChI is InChI=1S/C11H25NO2S2/c1-5-16(13,14)7-6-12-11(4)9-15-8-10(2)3/h10-12H,5-9H2,1-4H3. The molecule has 0 aliphatic rings. The van der Waals surface area contributed by atoms with Crippen molar-refractivity contribution >= 4 is 21.6 Å². The van der Waals surface area contributed by atoms with Gasteiger partial charge in [0.25, 0.3) is 0 Å². The SMILES string of the molecule is CCS(=O)(=O)CCNC(C)CSCC(C)C. The maximum Gasteiger partial charge on any atom is 0.151 e. The molecule has 98 valence electrons. The molecule has 5 heteroatoms. The topological polar surface area (TPSA) is 46.2 Å². The molecular formula is C11H25NO2S2. The molecule has 0 radical (unpaired) electrons. The van der Waals surface area contributed by atoms with Crippen molar-refractivity contribution in [1.29, 1.82) is 0 Å². The molecule has 1 atom stereocenters. The first-order chi connectivity index (χ1) is 7.37. The van der Waals surface area contributed by atoms with Crippen molar-refractivity contribution in [2.24, 2.45) is 5.92 Å². The number of hydrogen-bond acceptors (Lipinski definition) is 4. The van der Waals surface area contributed by atoms with Crippen molar-refractivity contribution in [1.82, 2.24) is 5.32 Å². The number of thioether (sulfide) groups is 1. The number of sulfone groups is 1. The van der Waals surface area contributed by atoms with Gasteiger partial charge in [-0.2, -0.15) is 11.8 Å². The maximum absolute atomic E-state index is 11.2. The molecule has 0 amide bonds. The van der Waals surface area contributed by atoms with Gasteiger partial charge < -0.3 is 5.32 Å². The maximum atomic E-state index is 11.2. The van der Waals surface area contributed by atoms with E-state index in [2.05, 4.69) is 26.1 Å². The lowest BCUT2D eigenvalue weighted by atomic mass is 10.3. The summed E-state index contributed by atoms with van der Waals surface area (Å²) in [5.41, 5.74) is 0. The van der Waals surface area contributed by atoms with E-state index in [-0.39, 0.29) is 11.5 Å². The lowest BCUT2D eigenvalue weighted by Gasteiger charge is -2.14. The molecule has 0 spiro atoms. The molecule has 1 N–H and O–H groups in total. The zero-order chi connectivity index (χ0) is 12.6. The van der Waals surface area contributed by atoms with Crippen LogP contribution in [0.1, 0.15) is 27.7 Å². The van der Waals surface area contributed by atoms with Crippen LogP contribution in [0.5, 0.6) is 0 Å². The van der Waals surface area contributed by atoms with E-state index in [0.717, 1.165) is 11.7 Å². The Bertz CT molecular complexity index is 263. The quantitative estimate of drug-likeness (QED) is 0.692. The van der Waals surface area contributed by atoms with E-state index in [9.17, 15) is 8.42 Å². The molecule has 0 aromatic carbocycles. The van der Waals surface area contributed by atoms with Crippen LogP contribution in [0.25, 0.3) is 0 Å². The highest BCUT2D eigenvalue weighted by Gasteiger charge is 2.08. The molecule has 0 aliphatic carbocycles. The third kappa shape index (κ3) is 9.48. The molecule has 0 bridgehead atoms. The number of hydrogen-bond donors (Lipinski definition) is 1. The second-order valence-corrected chi connectivity index (χ2v) is 8.07. The molecule has 16 heavy (non-hydrogen) atoms. The fraction of sp³-hybridized carbons (Fsp3) is 1.00. The van der Waals surface area contributed by atoms with Crippen LogP contribution in [0, 0.1) is 5.92 Å². The molecule has 1 unspecified atom stereocenters. The minimum atomic E-state index is -2.82. The Morgan fingerprint density at radius 2 is 1.81 bits per heavy atom. The Labute approximate surface area is 105 Å². The molecule has 0 aromatic heterocycles. The minimum absolute atomic E-state index is 0.241. The highest BCUT2D eigenvalue weighted by Crippen LogP contribution is 2.08. The van der Waals surface area contributed by atoms with Gasteiger partial charge in [0.15, 0.2) is 9.84 Å². The van der Waals surface area contributed by atoms with Crippen molar-refractivity contribution < 1.29 is 8.42 Å². The summed E-state index contributed by atoms with van der Waals surface area (Å²) in [4.78, 5) is 0. The lowest BCUT2D eigenvalue weighted by molar-refractivity contribution is 0.581. The Morgan fingerprint density at radius 3 is 2.31 bits per heavy atom. The van der Waals surface area contributed by atoms with Crippen molar-refractivity contribution in [3.05, 3.63) is 0 Å². The van der Waals surface area contributed by atoms with Gasteiger partial charge in [-0.1, -0.05) is 20.8 Å². The fourth-order valence-electron chi connectivity index (χ4n) is 1.14. The van der Waals surface area contributed by atoms with E-state index in [0.29, 0.717) is 12.6 Å². The molecule has 0 saturated heterocycles. The van der Waals surface area contributed by atoms with Crippen molar-refractivity contribution in [3.63, 3.8) is 0 Å². The van der Waals surface area contributed by atoms with Gasteiger partial charge in [-0.25, -0.2) is 8.42 Å². The molecule has 0 aromatic rings. The van der Waals surface area contributed by atoms with Crippen LogP contribution in [-0.4, -0.2) is 44.0 Å². The van der Waals surface area contributed by atoms with Crippen molar-refractivity contribution in [2.45, 2.75) is 33.7 Å². The van der Waals surface area contributed by atoms with Crippen LogP contribution in [0.3, 0.4) is 0 Å². The smallest absolute Gasteiger partial charge is 0.151 e. The lowest BCUT2D eigenvalue weighted by Crippen LogP contribution is -2.33. The highest BCUT2D eigenvalue weighted by molar-refractivity contribution is 7.99. The third-order valence-corrected chi connectivity index (χ3v) is 5.51. The summed E-state index contributed by atoms with van der Waals surface area (Å²) < 4.78 is 22.5.